The Morgan fingerprint density at radius 2 is 1.54 bits per heavy atom. The summed E-state index contributed by atoms with van der Waals surface area (Å²) in [6.45, 7) is 1.69. The zero-order valence-corrected chi connectivity index (χ0v) is 18.8. The number of carbonyl (C=O) groups is 1. The Morgan fingerprint density at radius 1 is 0.893 bits per heavy atom. The van der Waals surface area contributed by atoms with Crippen LogP contribution in [0.4, 0.5) is 0 Å². The van der Waals surface area contributed by atoms with E-state index in [2.05, 4.69) is 22.6 Å². The summed E-state index contributed by atoms with van der Waals surface area (Å²) in [4.78, 5) is 15.0. The Hall–Kier alpha value is -1.19. The molecule has 0 unspecified atom stereocenters. The molecule has 0 spiro atoms. The van der Waals surface area contributed by atoms with E-state index < -0.39 is 10.0 Å². The monoisotopic (exact) mass is 512 g/mol. The van der Waals surface area contributed by atoms with E-state index in [1.807, 2.05) is 29.2 Å². The van der Waals surface area contributed by atoms with Gasteiger partial charge in [0.25, 0.3) is 0 Å². The third-order valence-corrected chi connectivity index (χ3v) is 8.85. The van der Waals surface area contributed by atoms with Crippen LogP contribution in [0, 0.1) is 9.49 Å². The second-order valence-corrected chi connectivity index (χ2v) is 10.7. The summed E-state index contributed by atoms with van der Waals surface area (Å²) in [7, 11) is -3.59. The number of hydrogen-bond donors (Lipinski definition) is 0. The van der Waals surface area contributed by atoms with Gasteiger partial charge in [0.1, 0.15) is 0 Å². The van der Waals surface area contributed by atoms with Crippen molar-refractivity contribution in [3.8, 4) is 0 Å². The smallest absolute Gasteiger partial charge is 0.243 e. The number of nitrogens with zero attached hydrogens (tertiary/aromatic N) is 2. The van der Waals surface area contributed by atoms with Gasteiger partial charge in [-0.25, -0.2) is 8.42 Å². The first-order chi connectivity index (χ1) is 13.5. The Labute approximate surface area is 180 Å². The van der Waals surface area contributed by atoms with E-state index >= 15 is 0 Å². The molecule has 0 radical (unpaired) electrons. The molecule has 1 amide bonds. The van der Waals surface area contributed by atoms with Crippen LogP contribution in [0.1, 0.15) is 32.1 Å². The lowest BCUT2D eigenvalue weighted by Crippen LogP contribution is -2.52. The van der Waals surface area contributed by atoms with Gasteiger partial charge in [-0.05, 0) is 53.0 Å². The molecule has 1 saturated carbocycles. The maximum absolute atomic E-state index is 13.3. The van der Waals surface area contributed by atoms with Crippen molar-refractivity contribution in [3.63, 3.8) is 0 Å². The van der Waals surface area contributed by atoms with Crippen LogP contribution in [-0.2, 0) is 14.8 Å². The first kappa shape index (κ1) is 20.1. The van der Waals surface area contributed by atoms with Gasteiger partial charge < -0.3 is 4.90 Å². The van der Waals surface area contributed by atoms with Gasteiger partial charge in [-0.2, -0.15) is 4.31 Å². The number of benzene rings is 2. The molecule has 2 aliphatic rings. The molecule has 1 aliphatic carbocycles. The molecule has 2 aromatic rings. The van der Waals surface area contributed by atoms with Crippen molar-refractivity contribution in [3.05, 3.63) is 40.0 Å². The second-order valence-electron chi connectivity index (χ2n) is 7.66. The van der Waals surface area contributed by atoms with Gasteiger partial charge in [0.15, 0.2) is 0 Å². The number of carbonyl (C=O) groups excluding carboxylic acids is 1. The predicted molar refractivity (Wildman–Crippen MR) is 119 cm³/mol. The van der Waals surface area contributed by atoms with Gasteiger partial charge in [0, 0.05) is 41.1 Å². The quantitative estimate of drug-likeness (QED) is 0.588. The van der Waals surface area contributed by atoms with Crippen molar-refractivity contribution < 1.29 is 13.2 Å². The highest BCUT2D eigenvalue weighted by molar-refractivity contribution is 14.1. The first-order valence-corrected chi connectivity index (χ1v) is 12.5. The highest BCUT2D eigenvalue weighted by Crippen LogP contribution is 2.30. The Bertz CT molecular complexity index is 978. The molecule has 0 aromatic heterocycles. The van der Waals surface area contributed by atoms with Gasteiger partial charge in [-0.15, -0.1) is 0 Å². The molecule has 1 saturated heterocycles. The largest absolute Gasteiger partial charge is 0.340 e. The molecule has 1 aliphatic heterocycles. The van der Waals surface area contributed by atoms with Gasteiger partial charge >= 0.3 is 0 Å². The van der Waals surface area contributed by atoms with E-state index in [9.17, 15) is 13.2 Å². The fourth-order valence-corrected chi connectivity index (χ4v) is 6.67. The van der Waals surface area contributed by atoms with Crippen LogP contribution >= 0.6 is 22.6 Å². The maximum atomic E-state index is 13.3. The van der Waals surface area contributed by atoms with Crippen molar-refractivity contribution in [2.45, 2.75) is 37.0 Å². The maximum Gasteiger partial charge on any atom is 0.243 e. The van der Waals surface area contributed by atoms with Gasteiger partial charge in [0.2, 0.25) is 15.9 Å². The van der Waals surface area contributed by atoms with Gasteiger partial charge in [-0.1, -0.05) is 43.5 Å². The minimum atomic E-state index is -3.59. The number of amides is 1. The first-order valence-electron chi connectivity index (χ1n) is 9.94. The lowest BCUT2D eigenvalue weighted by Gasteiger charge is -2.36. The third-order valence-electron chi connectivity index (χ3n) is 5.95. The minimum Gasteiger partial charge on any atom is -0.340 e. The van der Waals surface area contributed by atoms with Crippen molar-refractivity contribution in [2.24, 2.45) is 5.92 Å². The molecule has 0 N–H and O–H groups in total. The average molecular weight is 512 g/mol. The normalized spacial score (nSPS) is 19.8. The number of rotatable bonds is 3. The Balaban J connectivity index is 1.51. The Kier molecular flexibility index (Phi) is 5.94. The second kappa shape index (κ2) is 8.28. The van der Waals surface area contributed by atoms with Crippen LogP contribution in [0.5, 0.6) is 0 Å². The van der Waals surface area contributed by atoms with E-state index in [1.165, 1.54) is 10.7 Å². The molecule has 1 heterocycles. The standard InChI is InChI=1S/C21H25IN2O3S/c22-19-10-4-9-18-17(19)8-5-11-20(18)28(26,27)24-14-12-23(13-15-24)21(25)16-6-2-1-3-7-16/h4-5,8-11,16H,1-3,6-7,12-15H2. The van der Waals surface area contributed by atoms with Crippen LogP contribution in [0.15, 0.2) is 41.3 Å². The fraction of sp³-hybridized carbons (Fsp3) is 0.476. The molecule has 4 rings (SSSR count). The Morgan fingerprint density at radius 3 is 2.25 bits per heavy atom. The minimum absolute atomic E-state index is 0.136. The number of fused-ring (bicyclic) bond motifs is 1. The number of sulfonamides is 1. The summed E-state index contributed by atoms with van der Waals surface area (Å²) in [6.07, 6.45) is 5.44. The summed E-state index contributed by atoms with van der Waals surface area (Å²) < 4.78 is 29.2. The van der Waals surface area contributed by atoms with Gasteiger partial charge in [0.05, 0.1) is 4.90 Å². The molecular weight excluding hydrogens is 487 g/mol. The number of halogens is 1. The molecule has 5 nitrogen and oxygen atoms in total. The molecule has 0 bridgehead atoms. The predicted octanol–water partition coefficient (Wildman–Crippen LogP) is 3.86. The third kappa shape index (κ3) is 3.80. The summed E-state index contributed by atoms with van der Waals surface area (Å²) >= 11 is 2.24. The fourth-order valence-electron chi connectivity index (χ4n) is 4.36. The van der Waals surface area contributed by atoms with Crippen LogP contribution < -0.4 is 0 Å². The molecule has 2 fully saturated rings. The topological polar surface area (TPSA) is 57.7 Å². The number of hydrogen-bond acceptors (Lipinski definition) is 3. The van der Waals surface area contributed by atoms with Gasteiger partial charge in [-0.3, -0.25) is 4.79 Å². The molecule has 28 heavy (non-hydrogen) atoms. The zero-order chi connectivity index (χ0) is 19.7. The van der Waals surface area contributed by atoms with E-state index in [-0.39, 0.29) is 11.8 Å². The van der Waals surface area contributed by atoms with E-state index in [0.29, 0.717) is 31.1 Å². The molecule has 0 atom stereocenters. The summed E-state index contributed by atoms with van der Waals surface area (Å²) in [5.41, 5.74) is 0. The van der Waals surface area contributed by atoms with Crippen LogP contribution in [0.25, 0.3) is 10.8 Å². The number of piperazine rings is 1. The van der Waals surface area contributed by atoms with Crippen molar-refractivity contribution in [1.82, 2.24) is 9.21 Å². The van der Waals surface area contributed by atoms with E-state index in [0.717, 1.165) is 40.0 Å². The van der Waals surface area contributed by atoms with E-state index in [1.54, 1.807) is 12.1 Å². The van der Waals surface area contributed by atoms with Crippen molar-refractivity contribution in [1.29, 1.82) is 0 Å². The molecule has 7 heteroatoms. The summed E-state index contributed by atoms with van der Waals surface area (Å²) in [5.74, 6) is 0.355. The SMILES string of the molecule is O=C(C1CCCCC1)N1CCN(S(=O)(=O)c2cccc3c(I)cccc23)CC1. The highest BCUT2D eigenvalue weighted by Gasteiger charge is 2.33. The van der Waals surface area contributed by atoms with Crippen LogP contribution in [0.3, 0.4) is 0 Å². The lowest BCUT2D eigenvalue weighted by atomic mass is 9.88. The lowest BCUT2D eigenvalue weighted by molar-refractivity contribution is -0.137. The van der Waals surface area contributed by atoms with Crippen LogP contribution in [0.2, 0.25) is 0 Å². The average Bonchev–Trinajstić information content (AvgIpc) is 2.74. The summed E-state index contributed by atoms with van der Waals surface area (Å²) in [5, 5.41) is 1.71. The highest BCUT2D eigenvalue weighted by atomic mass is 127. The summed E-state index contributed by atoms with van der Waals surface area (Å²) in [6, 6.07) is 11.2. The molecular formula is C21H25IN2O3S. The molecule has 150 valence electrons. The zero-order valence-electron chi connectivity index (χ0n) is 15.8. The van der Waals surface area contributed by atoms with E-state index in [4.69, 9.17) is 0 Å². The van der Waals surface area contributed by atoms with Crippen molar-refractivity contribution >= 4 is 49.3 Å². The molecule has 2 aromatic carbocycles. The van der Waals surface area contributed by atoms with Crippen LogP contribution in [-0.4, -0.2) is 49.7 Å². The van der Waals surface area contributed by atoms with Crippen molar-refractivity contribution in [2.75, 3.05) is 26.2 Å².